The number of halogens is 3. The smallest absolute Gasteiger partial charge is 0.197 e. The molecule has 4 nitrogen and oxygen atoms in total. The van der Waals surface area contributed by atoms with Crippen LogP contribution in [0.4, 0.5) is 4.39 Å². The first-order valence-electron chi connectivity index (χ1n) is 4.94. The molecular formula is C10H9Cl2FN4. The lowest BCUT2D eigenvalue weighted by Crippen LogP contribution is -1.96. The highest BCUT2D eigenvalue weighted by atomic mass is 35.5. The first-order valence-corrected chi connectivity index (χ1v) is 5.70. The second-order valence-corrected chi connectivity index (χ2v) is 4.18. The van der Waals surface area contributed by atoms with Crippen LogP contribution in [0.15, 0.2) is 6.20 Å². The molecule has 0 bridgehead atoms. The van der Waals surface area contributed by atoms with E-state index in [2.05, 4.69) is 15.1 Å². The maximum atomic E-state index is 13.2. The first kappa shape index (κ1) is 12.3. The van der Waals surface area contributed by atoms with Gasteiger partial charge in [-0.1, -0.05) is 30.1 Å². The molecule has 0 aliphatic carbocycles. The molecule has 0 saturated carbocycles. The molecule has 0 atom stereocenters. The molecule has 90 valence electrons. The Kier molecular flexibility index (Phi) is 3.31. The van der Waals surface area contributed by atoms with E-state index in [1.165, 1.54) is 0 Å². The van der Waals surface area contributed by atoms with E-state index < -0.39 is 5.82 Å². The lowest BCUT2D eigenvalue weighted by atomic mass is 10.2. The molecule has 2 rings (SSSR count). The Balaban J connectivity index is 2.60. The maximum absolute atomic E-state index is 13.2. The van der Waals surface area contributed by atoms with Crippen molar-refractivity contribution in [1.82, 2.24) is 19.7 Å². The van der Waals surface area contributed by atoms with Gasteiger partial charge in [0.25, 0.3) is 0 Å². The quantitative estimate of drug-likeness (QED) is 0.791. The zero-order valence-electron chi connectivity index (χ0n) is 9.21. The molecule has 0 unspecified atom stereocenters. The minimum Gasteiger partial charge on any atom is -0.275 e. The SMILES string of the molecule is CCc1nn(C)cc1-c1nc(Cl)c(F)c(Cl)n1. The molecule has 17 heavy (non-hydrogen) atoms. The summed E-state index contributed by atoms with van der Waals surface area (Å²) in [6.45, 7) is 1.96. The number of rotatable bonds is 2. The van der Waals surface area contributed by atoms with E-state index in [9.17, 15) is 4.39 Å². The fourth-order valence-electron chi connectivity index (χ4n) is 1.50. The number of hydrogen-bond donors (Lipinski definition) is 0. The standard InChI is InChI=1S/C10H9Cl2FN4/c1-3-6-5(4-17(2)16-6)10-14-8(11)7(13)9(12)15-10/h4H,3H2,1-2H3. The predicted molar refractivity (Wildman–Crippen MR) is 63.6 cm³/mol. The van der Waals surface area contributed by atoms with Gasteiger partial charge < -0.3 is 0 Å². The van der Waals surface area contributed by atoms with Crippen molar-refractivity contribution in [2.75, 3.05) is 0 Å². The summed E-state index contributed by atoms with van der Waals surface area (Å²) in [5.74, 6) is -0.523. The van der Waals surface area contributed by atoms with Crippen LogP contribution >= 0.6 is 23.2 Å². The highest BCUT2D eigenvalue weighted by Crippen LogP contribution is 2.25. The molecule has 0 fully saturated rings. The van der Waals surface area contributed by atoms with Gasteiger partial charge in [-0.3, -0.25) is 4.68 Å². The second kappa shape index (κ2) is 4.58. The lowest BCUT2D eigenvalue weighted by molar-refractivity contribution is 0.615. The van der Waals surface area contributed by atoms with Crippen LogP contribution < -0.4 is 0 Å². The molecule has 7 heteroatoms. The Morgan fingerprint density at radius 3 is 2.41 bits per heavy atom. The number of aryl methyl sites for hydroxylation is 2. The Bertz CT molecular complexity index is 544. The van der Waals surface area contributed by atoms with Crippen LogP contribution in [0.2, 0.25) is 10.3 Å². The van der Waals surface area contributed by atoms with Gasteiger partial charge in [-0.2, -0.15) is 5.10 Å². The van der Waals surface area contributed by atoms with Crippen molar-refractivity contribution < 1.29 is 4.39 Å². The van der Waals surface area contributed by atoms with Gasteiger partial charge in [0.05, 0.1) is 11.3 Å². The van der Waals surface area contributed by atoms with Crippen LogP contribution in [0.3, 0.4) is 0 Å². The van der Waals surface area contributed by atoms with Gasteiger partial charge in [-0.15, -0.1) is 0 Å². The lowest BCUT2D eigenvalue weighted by Gasteiger charge is -2.01. The molecule has 0 saturated heterocycles. The number of aromatic nitrogens is 4. The third-order valence-electron chi connectivity index (χ3n) is 2.25. The average molecular weight is 275 g/mol. The Morgan fingerprint density at radius 1 is 1.29 bits per heavy atom. The molecule has 0 amide bonds. The van der Waals surface area contributed by atoms with Crippen LogP contribution in [-0.2, 0) is 13.5 Å². The summed E-state index contributed by atoms with van der Waals surface area (Å²) in [6, 6.07) is 0. The highest BCUT2D eigenvalue weighted by Gasteiger charge is 2.16. The zero-order valence-corrected chi connectivity index (χ0v) is 10.7. The van der Waals surface area contributed by atoms with E-state index in [0.29, 0.717) is 12.0 Å². The van der Waals surface area contributed by atoms with E-state index in [-0.39, 0.29) is 16.1 Å². The molecule has 2 aromatic heterocycles. The largest absolute Gasteiger partial charge is 0.275 e. The summed E-state index contributed by atoms with van der Waals surface area (Å²) in [6.07, 6.45) is 2.46. The van der Waals surface area contributed by atoms with Gasteiger partial charge in [0, 0.05) is 13.2 Å². The molecule has 0 N–H and O–H groups in total. The predicted octanol–water partition coefficient (Wildman–Crippen LogP) is 2.89. The summed E-state index contributed by atoms with van der Waals surface area (Å²) in [7, 11) is 1.79. The van der Waals surface area contributed by atoms with Gasteiger partial charge in [0.15, 0.2) is 21.9 Å². The Hall–Kier alpha value is -1.20. The number of hydrogen-bond acceptors (Lipinski definition) is 3. The Labute approximate surface area is 107 Å². The van der Waals surface area contributed by atoms with Crippen LogP contribution in [-0.4, -0.2) is 19.7 Å². The van der Waals surface area contributed by atoms with E-state index in [4.69, 9.17) is 23.2 Å². The summed E-state index contributed by atoms with van der Waals surface area (Å²) in [4.78, 5) is 7.73. The molecular weight excluding hydrogens is 266 g/mol. The summed E-state index contributed by atoms with van der Waals surface area (Å²) < 4.78 is 14.8. The van der Waals surface area contributed by atoms with Crippen LogP contribution in [0.25, 0.3) is 11.4 Å². The van der Waals surface area contributed by atoms with E-state index in [1.54, 1.807) is 17.9 Å². The fraction of sp³-hybridized carbons (Fsp3) is 0.300. The maximum Gasteiger partial charge on any atom is 0.197 e. The van der Waals surface area contributed by atoms with Gasteiger partial charge in [-0.05, 0) is 6.42 Å². The van der Waals surface area contributed by atoms with Crippen LogP contribution in [0, 0.1) is 5.82 Å². The molecule has 0 radical (unpaired) electrons. The minimum absolute atomic E-state index is 0.284. The first-order chi connectivity index (χ1) is 8.02. The molecule has 0 aliphatic heterocycles. The molecule has 0 aromatic carbocycles. The van der Waals surface area contributed by atoms with E-state index in [0.717, 1.165) is 5.69 Å². The van der Waals surface area contributed by atoms with Gasteiger partial charge >= 0.3 is 0 Å². The van der Waals surface area contributed by atoms with E-state index in [1.807, 2.05) is 6.92 Å². The van der Waals surface area contributed by atoms with E-state index >= 15 is 0 Å². The summed E-state index contributed by atoms with van der Waals surface area (Å²) >= 11 is 11.3. The molecule has 2 aromatic rings. The van der Waals surface area contributed by atoms with Crippen LogP contribution in [0.5, 0.6) is 0 Å². The van der Waals surface area contributed by atoms with Crippen molar-refractivity contribution in [3.63, 3.8) is 0 Å². The summed E-state index contributed by atoms with van der Waals surface area (Å²) in [5.41, 5.74) is 1.52. The normalized spacial score (nSPS) is 10.9. The Morgan fingerprint density at radius 2 is 1.88 bits per heavy atom. The van der Waals surface area contributed by atoms with Crippen molar-refractivity contribution in [2.24, 2.45) is 7.05 Å². The van der Waals surface area contributed by atoms with Crippen molar-refractivity contribution in [2.45, 2.75) is 13.3 Å². The zero-order chi connectivity index (χ0) is 12.6. The van der Waals surface area contributed by atoms with Crippen LogP contribution in [0.1, 0.15) is 12.6 Å². The highest BCUT2D eigenvalue weighted by molar-refractivity contribution is 6.33. The van der Waals surface area contributed by atoms with Gasteiger partial charge in [0.2, 0.25) is 0 Å². The topological polar surface area (TPSA) is 43.6 Å². The second-order valence-electron chi connectivity index (χ2n) is 3.46. The third kappa shape index (κ3) is 2.25. The van der Waals surface area contributed by atoms with Crippen molar-refractivity contribution in [3.8, 4) is 11.4 Å². The minimum atomic E-state index is -0.806. The van der Waals surface area contributed by atoms with Crippen molar-refractivity contribution in [3.05, 3.63) is 28.0 Å². The monoisotopic (exact) mass is 274 g/mol. The molecule has 0 spiro atoms. The van der Waals surface area contributed by atoms with Gasteiger partial charge in [0.1, 0.15) is 0 Å². The molecule has 2 heterocycles. The average Bonchev–Trinajstić information content (AvgIpc) is 2.66. The van der Waals surface area contributed by atoms with Crippen molar-refractivity contribution in [1.29, 1.82) is 0 Å². The van der Waals surface area contributed by atoms with Crippen molar-refractivity contribution >= 4 is 23.2 Å². The third-order valence-corrected chi connectivity index (χ3v) is 2.75. The molecule has 0 aliphatic rings. The summed E-state index contributed by atoms with van der Waals surface area (Å²) in [5, 5.41) is 3.67. The fourth-order valence-corrected chi connectivity index (χ4v) is 1.88. The number of nitrogens with zero attached hydrogens (tertiary/aromatic N) is 4. The van der Waals surface area contributed by atoms with Gasteiger partial charge in [-0.25, -0.2) is 14.4 Å².